The second kappa shape index (κ2) is 9.76. The zero-order chi connectivity index (χ0) is 26.8. The van der Waals surface area contributed by atoms with E-state index in [4.69, 9.17) is 9.47 Å². The fourth-order valence-electron chi connectivity index (χ4n) is 3.90. The lowest BCUT2D eigenvalue weighted by Crippen LogP contribution is -2.61. The highest BCUT2D eigenvalue weighted by atomic mass is 16.5. The smallest absolute Gasteiger partial charge is 0.331 e. The molecule has 0 spiro atoms. The first-order chi connectivity index (χ1) is 16.7. The molecule has 1 saturated heterocycles. The quantitative estimate of drug-likeness (QED) is 0.621. The summed E-state index contributed by atoms with van der Waals surface area (Å²) in [7, 11) is 0. The summed E-state index contributed by atoms with van der Waals surface area (Å²) in [6.07, 6.45) is 0. The van der Waals surface area contributed by atoms with Gasteiger partial charge in [-0.05, 0) is 52.7 Å². The van der Waals surface area contributed by atoms with Crippen LogP contribution < -0.4 is 10.6 Å². The van der Waals surface area contributed by atoms with E-state index < -0.39 is 45.7 Å². The number of cyclic esters (lactones) is 2. The van der Waals surface area contributed by atoms with Crippen LogP contribution in [0.5, 0.6) is 0 Å². The maximum Gasteiger partial charge on any atom is 0.331 e. The molecule has 2 atom stereocenters. The zero-order valence-electron chi connectivity index (χ0n) is 21.6. The van der Waals surface area contributed by atoms with Gasteiger partial charge in [0.05, 0.1) is 0 Å². The Morgan fingerprint density at radius 3 is 1.17 bits per heavy atom. The van der Waals surface area contributed by atoms with Gasteiger partial charge < -0.3 is 20.1 Å². The third kappa shape index (κ3) is 5.27. The molecule has 1 heterocycles. The molecule has 0 bridgehead atoms. The van der Waals surface area contributed by atoms with Crippen molar-refractivity contribution in [2.75, 3.05) is 13.2 Å². The number of ether oxygens (including phenoxy) is 2. The lowest BCUT2D eigenvalue weighted by Gasteiger charge is -2.37. The standard InChI is InChI=1S/C28H34N2O6/c1-25(2)23(33)35-17-28(6,20-15-11-8-12-16-20)22(32)30-26(3,4)24(34)36-18-27(5,21(31)29-25)19-13-9-7-10-14-19/h7-16H,17-18H2,1-6H3,(H,29,31)(H,30,32)/t27-,28+. The summed E-state index contributed by atoms with van der Waals surface area (Å²) < 4.78 is 11.3. The van der Waals surface area contributed by atoms with E-state index in [0.717, 1.165) is 0 Å². The van der Waals surface area contributed by atoms with Crippen LogP contribution in [0.1, 0.15) is 52.7 Å². The van der Waals surface area contributed by atoms with Crippen LogP contribution in [0.15, 0.2) is 60.7 Å². The summed E-state index contributed by atoms with van der Waals surface area (Å²) >= 11 is 0. The SMILES string of the molecule is CC1(C)NC(=O)[C@@](C)(c2ccccc2)COC(=O)C(C)(C)NC(=O)[C@](C)(c2ccccc2)COC1=O. The van der Waals surface area contributed by atoms with Crippen molar-refractivity contribution in [3.05, 3.63) is 71.8 Å². The van der Waals surface area contributed by atoms with E-state index in [0.29, 0.717) is 11.1 Å². The molecule has 192 valence electrons. The number of hydrogen-bond donors (Lipinski definition) is 2. The Bertz CT molecular complexity index is 1050. The molecule has 2 N–H and O–H groups in total. The highest BCUT2D eigenvalue weighted by Crippen LogP contribution is 2.29. The van der Waals surface area contributed by atoms with Crippen LogP contribution in [-0.4, -0.2) is 48.0 Å². The minimum Gasteiger partial charge on any atom is -0.462 e. The molecule has 3 rings (SSSR count). The van der Waals surface area contributed by atoms with E-state index in [-0.39, 0.29) is 13.2 Å². The van der Waals surface area contributed by atoms with Crippen molar-refractivity contribution in [2.24, 2.45) is 0 Å². The first kappa shape index (κ1) is 26.9. The Morgan fingerprint density at radius 2 is 0.861 bits per heavy atom. The minimum absolute atomic E-state index is 0.304. The lowest BCUT2D eigenvalue weighted by molar-refractivity contribution is -0.161. The van der Waals surface area contributed by atoms with Crippen LogP contribution in [-0.2, 0) is 39.5 Å². The van der Waals surface area contributed by atoms with Crippen molar-refractivity contribution in [3.63, 3.8) is 0 Å². The predicted octanol–water partition coefficient (Wildman–Crippen LogP) is 2.79. The van der Waals surface area contributed by atoms with Gasteiger partial charge in [0.25, 0.3) is 0 Å². The maximum atomic E-state index is 13.6. The first-order valence-electron chi connectivity index (χ1n) is 11.8. The van der Waals surface area contributed by atoms with Gasteiger partial charge >= 0.3 is 11.9 Å². The van der Waals surface area contributed by atoms with Gasteiger partial charge in [-0.25, -0.2) is 9.59 Å². The van der Waals surface area contributed by atoms with Crippen LogP contribution >= 0.6 is 0 Å². The topological polar surface area (TPSA) is 111 Å². The second-order valence-corrected chi connectivity index (χ2v) is 10.7. The Hall–Kier alpha value is -3.68. The molecule has 8 nitrogen and oxygen atoms in total. The van der Waals surface area contributed by atoms with E-state index in [1.165, 1.54) is 27.7 Å². The molecule has 1 aliphatic heterocycles. The third-order valence-electron chi connectivity index (χ3n) is 6.68. The van der Waals surface area contributed by atoms with Gasteiger partial charge in [-0.15, -0.1) is 0 Å². The van der Waals surface area contributed by atoms with E-state index in [1.54, 1.807) is 62.4 Å². The molecule has 2 aromatic rings. The number of hydrogen-bond acceptors (Lipinski definition) is 6. The fourth-order valence-corrected chi connectivity index (χ4v) is 3.90. The molecule has 0 unspecified atom stereocenters. The van der Waals surface area contributed by atoms with E-state index in [1.807, 2.05) is 12.1 Å². The van der Waals surface area contributed by atoms with Crippen LogP contribution in [0.25, 0.3) is 0 Å². The summed E-state index contributed by atoms with van der Waals surface area (Å²) in [6, 6.07) is 17.7. The summed E-state index contributed by atoms with van der Waals surface area (Å²) in [6.45, 7) is 8.77. The van der Waals surface area contributed by atoms with Gasteiger partial charge in [0.2, 0.25) is 11.8 Å². The molecule has 2 amide bonds. The number of rotatable bonds is 2. The fraction of sp³-hybridized carbons (Fsp3) is 0.429. The van der Waals surface area contributed by atoms with Crippen molar-refractivity contribution in [1.29, 1.82) is 0 Å². The molecule has 1 aliphatic rings. The van der Waals surface area contributed by atoms with E-state index in [2.05, 4.69) is 10.6 Å². The molecule has 36 heavy (non-hydrogen) atoms. The minimum atomic E-state index is -1.42. The van der Waals surface area contributed by atoms with Gasteiger partial charge in [0.1, 0.15) is 35.1 Å². The number of benzene rings is 2. The van der Waals surface area contributed by atoms with Crippen LogP contribution in [0, 0.1) is 0 Å². The highest BCUT2D eigenvalue weighted by Gasteiger charge is 2.46. The number of amides is 2. The molecule has 0 saturated carbocycles. The van der Waals surface area contributed by atoms with Crippen LogP contribution in [0.4, 0.5) is 0 Å². The molecule has 0 aliphatic carbocycles. The molecule has 0 radical (unpaired) electrons. The summed E-state index contributed by atoms with van der Waals surface area (Å²) in [5.74, 6) is -2.41. The Kier molecular flexibility index (Phi) is 7.30. The number of nitrogens with one attached hydrogen (secondary N) is 2. The van der Waals surface area contributed by atoms with Gasteiger partial charge in [-0.3, -0.25) is 9.59 Å². The van der Waals surface area contributed by atoms with Crippen molar-refractivity contribution < 1.29 is 28.7 Å². The van der Waals surface area contributed by atoms with Crippen molar-refractivity contribution in [2.45, 2.75) is 63.5 Å². The second-order valence-electron chi connectivity index (χ2n) is 10.7. The predicted molar refractivity (Wildman–Crippen MR) is 134 cm³/mol. The highest BCUT2D eigenvalue weighted by molar-refractivity contribution is 5.96. The van der Waals surface area contributed by atoms with Gasteiger partial charge in [0, 0.05) is 0 Å². The zero-order valence-corrected chi connectivity index (χ0v) is 21.6. The Balaban J connectivity index is 2.05. The van der Waals surface area contributed by atoms with Crippen molar-refractivity contribution >= 4 is 23.8 Å². The number of esters is 2. The molecule has 8 heteroatoms. The normalized spacial score (nSPS) is 27.1. The average molecular weight is 495 g/mol. The summed E-state index contributed by atoms with van der Waals surface area (Å²) in [4.78, 5) is 53.4. The molecule has 2 aromatic carbocycles. The third-order valence-corrected chi connectivity index (χ3v) is 6.68. The summed E-state index contributed by atoms with van der Waals surface area (Å²) in [5.41, 5.74) is -4.26. The number of carbonyl (C=O) groups excluding carboxylic acids is 4. The van der Waals surface area contributed by atoms with E-state index >= 15 is 0 Å². The molecular formula is C28H34N2O6. The van der Waals surface area contributed by atoms with Crippen molar-refractivity contribution in [3.8, 4) is 0 Å². The van der Waals surface area contributed by atoms with Gasteiger partial charge in [0.15, 0.2) is 0 Å². The van der Waals surface area contributed by atoms with E-state index in [9.17, 15) is 19.2 Å². The monoisotopic (exact) mass is 494 g/mol. The lowest BCUT2D eigenvalue weighted by atomic mass is 9.80. The van der Waals surface area contributed by atoms with Crippen LogP contribution in [0.3, 0.4) is 0 Å². The Labute approximate surface area is 211 Å². The Morgan fingerprint density at radius 1 is 0.556 bits per heavy atom. The molecule has 0 aromatic heterocycles. The molecule has 1 fully saturated rings. The first-order valence-corrected chi connectivity index (χ1v) is 11.8. The maximum absolute atomic E-state index is 13.6. The molecular weight excluding hydrogens is 460 g/mol. The van der Waals surface area contributed by atoms with Crippen LogP contribution in [0.2, 0.25) is 0 Å². The summed E-state index contributed by atoms with van der Waals surface area (Å²) in [5, 5.41) is 5.52. The van der Waals surface area contributed by atoms with Gasteiger partial charge in [-0.1, -0.05) is 60.7 Å². The average Bonchev–Trinajstić information content (AvgIpc) is 2.85. The number of carbonyl (C=O) groups is 4. The van der Waals surface area contributed by atoms with Crippen molar-refractivity contribution in [1.82, 2.24) is 10.6 Å². The van der Waals surface area contributed by atoms with Gasteiger partial charge in [-0.2, -0.15) is 0 Å². The largest absolute Gasteiger partial charge is 0.462 e.